The van der Waals surface area contributed by atoms with Crippen LogP contribution in [0.4, 0.5) is 0 Å². The second-order valence-corrected chi connectivity index (χ2v) is 17.7. The van der Waals surface area contributed by atoms with Crippen LogP contribution >= 0.6 is 7.82 Å². The molecule has 0 aliphatic rings. The van der Waals surface area contributed by atoms with Crippen molar-refractivity contribution in [3.63, 3.8) is 0 Å². The standard InChI is InChI=1S/C52H89O11P/c1-4-7-10-13-16-19-22-23-24-25-28-29-32-35-38-41-50(54)59-45-49(63-52(56)43-40-37-34-31-27-21-18-15-12-9-6-3)47-61-64(57,58)60-46-48(44-53)62-51(55)42-39-36-33-30-26-20-17-14-11-8-5-2/h7,10,15-16,18-19,23-24,28-29,35,38,48-49,53H,4-6,8-9,11-14,17,20-22,25-27,30-34,36-37,39-47H2,1-3H3,(H,57,58)/b10-7-,18-15-,19-16-,24-23-,29-28-,38-35-. The van der Waals surface area contributed by atoms with Crippen molar-refractivity contribution in [2.45, 2.75) is 213 Å². The highest BCUT2D eigenvalue weighted by Gasteiger charge is 2.28. The highest BCUT2D eigenvalue weighted by molar-refractivity contribution is 7.47. The predicted octanol–water partition coefficient (Wildman–Crippen LogP) is 13.8. The largest absolute Gasteiger partial charge is 0.472 e. The molecule has 64 heavy (non-hydrogen) atoms. The fraction of sp³-hybridized carbons (Fsp3) is 0.712. The molecule has 0 aromatic carbocycles. The number of esters is 3. The molecule has 0 radical (unpaired) electrons. The number of hydrogen-bond acceptors (Lipinski definition) is 10. The maximum atomic E-state index is 12.8. The number of unbranched alkanes of at least 4 members (excludes halogenated alkanes) is 17. The van der Waals surface area contributed by atoms with Gasteiger partial charge in [0.15, 0.2) is 6.10 Å². The van der Waals surface area contributed by atoms with E-state index >= 15 is 0 Å². The number of carbonyl (C=O) groups excluding carboxylic acids is 3. The SMILES string of the molecule is CC/C=C\C/C=C\C/C=C\C/C=C\C/C=C\CC(=O)OCC(COP(=O)(O)OCC(CO)OC(=O)CCCCCCCCCCCCC)OC(=O)CCCCCCC/C=C\CCCC. The number of rotatable bonds is 45. The van der Waals surface area contributed by atoms with E-state index in [2.05, 4.69) is 75.5 Å². The monoisotopic (exact) mass is 921 g/mol. The Morgan fingerprint density at radius 3 is 1.36 bits per heavy atom. The molecule has 12 heteroatoms. The first-order valence-electron chi connectivity index (χ1n) is 24.8. The Morgan fingerprint density at radius 2 is 0.875 bits per heavy atom. The van der Waals surface area contributed by atoms with Gasteiger partial charge in [-0.1, -0.05) is 190 Å². The normalized spacial score (nSPS) is 14.1. The number of phosphoric ester groups is 1. The summed E-state index contributed by atoms with van der Waals surface area (Å²) in [5.41, 5.74) is 0. The van der Waals surface area contributed by atoms with Gasteiger partial charge in [0.1, 0.15) is 12.7 Å². The predicted molar refractivity (Wildman–Crippen MR) is 261 cm³/mol. The summed E-state index contributed by atoms with van der Waals surface area (Å²) < 4.78 is 39.1. The third kappa shape index (κ3) is 44.1. The van der Waals surface area contributed by atoms with Gasteiger partial charge in [-0.05, 0) is 64.2 Å². The van der Waals surface area contributed by atoms with Gasteiger partial charge in [-0.25, -0.2) is 4.57 Å². The van der Waals surface area contributed by atoms with Gasteiger partial charge in [-0.2, -0.15) is 0 Å². The lowest BCUT2D eigenvalue weighted by Gasteiger charge is -2.21. The maximum absolute atomic E-state index is 12.8. The van der Waals surface area contributed by atoms with Crippen LogP contribution in [0.1, 0.15) is 201 Å². The van der Waals surface area contributed by atoms with Crippen molar-refractivity contribution in [2.75, 3.05) is 26.4 Å². The summed E-state index contributed by atoms with van der Waals surface area (Å²) >= 11 is 0. The summed E-state index contributed by atoms with van der Waals surface area (Å²) in [5.74, 6) is -1.63. The van der Waals surface area contributed by atoms with Crippen LogP contribution in [0.15, 0.2) is 72.9 Å². The molecule has 0 aromatic rings. The molecule has 0 amide bonds. The van der Waals surface area contributed by atoms with Crippen LogP contribution in [0.2, 0.25) is 0 Å². The van der Waals surface area contributed by atoms with E-state index < -0.39 is 64.4 Å². The quantitative estimate of drug-likeness (QED) is 0.0197. The third-order valence-electron chi connectivity index (χ3n) is 10.1. The number of aliphatic hydroxyl groups is 1. The highest BCUT2D eigenvalue weighted by Crippen LogP contribution is 2.43. The molecule has 368 valence electrons. The van der Waals surface area contributed by atoms with Crippen LogP contribution in [0.3, 0.4) is 0 Å². The van der Waals surface area contributed by atoms with Crippen molar-refractivity contribution < 1.29 is 52.2 Å². The molecule has 0 bridgehead atoms. The van der Waals surface area contributed by atoms with Crippen molar-refractivity contribution in [2.24, 2.45) is 0 Å². The zero-order valence-electron chi connectivity index (χ0n) is 40.2. The average molecular weight is 921 g/mol. The summed E-state index contributed by atoms with van der Waals surface area (Å²) in [6.07, 6.45) is 49.1. The summed E-state index contributed by atoms with van der Waals surface area (Å²) in [6, 6.07) is 0. The zero-order valence-corrected chi connectivity index (χ0v) is 41.1. The second-order valence-electron chi connectivity index (χ2n) is 16.3. The number of phosphoric acid groups is 1. The van der Waals surface area contributed by atoms with Crippen LogP contribution in [-0.4, -0.2) is 66.5 Å². The van der Waals surface area contributed by atoms with E-state index in [0.29, 0.717) is 19.3 Å². The van der Waals surface area contributed by atoms with E-state index in [1.807, 2.05) is 12.2 Å². The fourth-order valence-electron chi connectivity index (χ4n) is 6.35. The molecule has 0 spiro atoms. The first-order valence-corrected chi connectivity index (χ1v) is 26.3. The Labute approximate surface area is 388 Å². The number of ether oxygens (including phenoxy) is 3. The lowest BCUT2D eigenvalue weighted by atomic mass is 10.1. The van der Waals surface area contributed by atoms with Crippen molar-refractivity contribution in [3.05, 3.63) is 72.9 Å². The van der Waals surface area contributed by atoms with E-state index in [4.69, 9.17) is 23.3 Å². The first kappa shape index (κ1) is 60.9. The minimum atomic E-state index is -4.76. The highest BCUT2D eigenvalue weighted by atomic mass is 31.2. The molecule has 0 aromatic heterocycles. The van der Waals surface area contributed by atoms with Gasteiger partial charge in [-0.15, -0.1) is 0 Å². The molecule has 0 heterocycles. The van der Waals surface area contributed by atoms with Gasteiger partial charge in [0, 0.05) is 12.8 Å². The smallest absolute Gasteiger partial charge is 0.461 e. The minimum absolute atomic E-state index is 0.00823. The lowest BCUT2D eigenvalue weighted by molar-refractivity contribution is -0.161. The third-order valence-corrected chi connectivity index (χ3v) is 11.1. The molecule has 3 unspecified atom stereocenters. The van der Waals surface area contributed by atoms with Crippen molar-refractivity contribution in [1.82, 2.24) is 0 Å². The summed E-state index contributed by atoms with van der Waals surface area (Å²) in [7, 11) is -4.76. The van der Waals surface area contributed by atoms with Gasteiger partial charge in [0.25, 0.3) is 0 Å². The van der Waals surface area contributed by atoms with Gasteiger partial charge in [0.2, 0.25) is 0 Å². The molecular formula is C52H89O11P. The van der Waals surface area contributed by atoms with Crippen LogP contribution in [0, 0.1) is 0 Å². The van der Waals surface area contributed by atoms with E-state index in [9.17, 15) is 28.9 Å². The Balaban J connectivity index is 4.86. The van der Waals surface area contributed by atoms with Gasteiger partial charge in [0.05, 0.1) is 26.2 Å². The summed E-state index contributed by atoms with van der Waals surface area (Å²) in [5, 5.41) is 9.74. The number of hydrogen-bond donors (Lipinski definition) is 2. The molecule has 11 nitrogen and oxygen atoms in total. The Kier molecular flexibility index (Phi) is 44.2. The molecule has 0 fully saturated rings. The molecule has 0 saturated heterocycles. The van der Waals surface area contributed by atoms with Crippen molar-refractivity contribution in [3.8, 4) is 0 Å². The Hall–Kier alpha value is -3.08. The van der Waals surface area contributed by atoms with Gasteiger partial charge in [-0.3, -0.25) is 23.4 Å². The topological polar surface area (TPSA) is 155 Å². The number of aliphatic hydroxyl groups excluding tert-OH is 1. The van der Waals surface area contributed by atoms with Crippen LogP contribution in [0.5, 0.6) is 0 Å². The van der Waals surface area contributed by atoms with Crippen LogP contribution < -0.4 is 0 Å². The summed E-state index contributed by atoms with van der Waals surface area (Å²) in [6.45, 7) is 4.33. The minimum Gasteiger partial charge on any atom is -0.461 e. The fourth-order valence-corrected chi connectivity index (χ4v) is 7.13. The van der Waals surface area contributed by atoms with Gasteiger partial charge < -0.3 is 24.2 Å². The Morgan fingerprint density at radius 1 is 0.469 bits per heavy atom. The van der Waals surface area contributed by atoms with Crippen molar-refractivity contribution in [1.29, 1.82) is 0 Å². The second kappa shape index (κ2) is 46.4. The number of allylic oxidation sites excluding steroid dienone is 11. The molecular weight excluding hydrogens is 832 g/mol. The van der Waals surface area contributed by atoms with E-state index in [-0.39, 0.29) is 19.3 Å². The first-order chi connectivity index (χ1) is 31.2. The number of carbonyl (C=O) groups is 3. The van der Waals surface area contributed by atoms with Gasteiger partial charge >= 0.3 is 25.7 Å². The molecule has 0 saturated carbocycles. The van der Waals surface area contributed by atoms with E-state index in [1.54, 1.807) is 6.08 Å². The summed E-state index contributed by atoms with van der Waals surface area (Å²) in [4.78, 5) is 48.1. The van der Waals surface area contributed by atoms with E-state index in [0.717, 1.165) is 83.5 Å². The molecule has 0 rings (SSSR count). The van der Waals surface area contributed by atoms with Crippen LogP contribution in [0.25, 0.3) is 0 Å². The average Bonchev–Trinajstić information content (AvgIpc) is 3.28. The molecule has 0 aliphatic heterocycles. The maximum Gasteiger partial charge on any atom is 0.472 e. The molecule has 3 atom stereocenters. The van der Waals surface area contributed by atoms with E-state index in [1.165, 1.54) is 57.8 Å². The Bertz CT molecular complexity index is 1350. The van der Waals surface area contributed by atoms with Crippen LogP contribution in [-0.2, 0) is 42.2 Å². The lowest BCUT2D eigenvalue weighted by Crippen LogP contribution is -2.30. The zero-order chi connectivity index (χ0) is 47.0. The molecule has 2 N–H and O–H groups in total. The molecule has 0 aliphatic carbocycles. The van der Waals surface area contributed by atoms with Crippen molar-refractivity contribution >= 4 is 25.7 Å².